The summed E-state index contributed by atoms with van der Waals surface area (Å²) in [7, 11) is 0. The van der Waals surface area contributed by atoms with Gasteiger partial charge in [-0.25, -0.2) is 9.50 Å². The third-order valence-electron chi connectivity index (χ3n) is 8.12. The highest BCUT2D eigenvalue weighted by Gasteiger charge is 2.60. The predicted octanol–water partition coefficient (Wildman–Crippen LogP) is 2.51. The number of fused-ring (bicyclic) bond motifs is 1. The first-order chi connectivity index (χ1) is 21.2. The number of amides is 1. The van der Waals surface area contributed by atoms with Gasteiger partial charge in [0.05, 0.1) is 12.1 Å². The summed E-state index contributed by atoms with van der Waals surface area (Å²) in [6.07, 6.45) is -3.25. The number of hydrogen-bond acceptors (Lipinski definition) is 11. The zero-order valence-corrected chi connectivity index (χ0v) is 26.3. The van der Waals surface area contributed by atoms with Gasteiger partial charge >= 0.3 is 11.9 Å². The maximum Gasteiger partial charge on any atom is 0.323 e. The number of nitrogens with one attached hydrogen (secondary N) is 1. The van der Waals surface area contributed by atoms with Crippen LogP contribution >= 0.6 is 0 Å². The van der Waals surface area contributed by atoms with Crippen LogP contribution in [0.1, 0.15) is 52.8 Å². The van der Waals surface area contributed by atoms with Crippen LogP contribution in [0.3, 0.4) is 0 Å². The summed E-state index contributed by atoms with van der Waals surface area (Å²) < 4.78 is 18.6. The van der Waals surface area contributed by atoms with Gasteiger partial charge in [-0.15, -0.1) is 0 Å². The highest BCUT2D eigenvalue weighted by Crippen LogP contribution is 2.42. The predicted molar refractivity (Wildman–Crippen MR) is 162 cm³/mol. The summed E-state index contributed by atoms with van der Waals surface area (Å²) in [5.41, 5.74) is 4.49. The Labute approximate surface area is 261 Å². The molecule has 13 heteroatoms. The molecule has 0 aliphatic carbocycles. The Morgan fingerprint density at radius 3 is 2.49 bits per heavy atom. The zero-order chi connectivity index (χ0) is 33.1. The van der Waals surface area contributed by atoms with Crippen LogP contribution in [0.2, 0.25) is 0 Å². The molecule has 0 bridgehead atoms. The van der Waals surface area contributed by atoms with E-state index in [9.17, 15) is 24.8 Å². The monoisotopic (exact) mass is 620 g/mol. The number of nitriles is 1. The van der Waals surface area contributed by atoms with E-state index < -0.39 is 53.9 Å². The smallest absolute Gasteiger partial charge is 0.323 e. The third kappa shape index (κ3) is 6.98. The Hall–Kier alpha value is -4.38. The molecule has 6 atom stereocenters. The average Bonchev–Trinajstić information content (AvgIpc) is 3.55. The molecule has 45 heavy (non-hydrogen) atoms. The van der Waals surface area contributed by atoms with Crippen LogP contribution in [0, 0.1) is 28.6 Å². The van der Waals surface area contributed by atoms with Gasteiger partial charge < -0.3 is 30.4 Å². The number of anilines is 1. The molecule has 1 aliphatic heterocycles. The van der Waals surface area contributed by atoms with Crippen molar-refractivity contribution in [1.29, 1.82) is 5.26 Å². The van der Waals surface area contributed by atoms with Gasteiger partial charge in [0, 0.05) is 5.92 Å². The Balaban J connectivity index is 1.67. The van der Waals surface area contributed by atoms with Gasteiger partial charge in [0.1, 0.15) is 42.8 Å². The number of aliphatic hydroxyl groups excluding tert-OH is 1. The summed E-state index contributed by atoms with van der Waals surface area (Å²) in [5.74, 6) is -1.68. The van der Waals surface area contributed by atoms with E-state index in [2.05, 4.69) is 15.4 Å². The van der Waals surface area contributed by atoms with Crippen molar-refractivity contribution in [3.05, 3.63) is 60.0 Å². The van der Waals surface area contributed by atoms with Gasteiger partial charge in [-0.2, -0.15) is 10.4 Å². The maximum absolute atomic E-state index is 13.1. The number of nitrogens with two attached hydrogens (primary N) is 1. The van der Waals surface area contributed by atoms with E-state index >= 15 is 0 Å². The SMILES string of the molecule is CC(C)[C@H](C)C(=O)Nc1ncnn2c([C@]3(C#N)O[C@H](COC(=O)Cc4ccccc4)[C@@H](OC(=O)[C@@H](N)C(C)(C)C)[C@H]3O)ccc12. The number of nitrogens with zero attached hydrogens (tertiary/aromatic N) is 4. The zero-order valence-electron chi connectivity index (χ0n) is 26.3. The third-order valence-corrected chi connectivity index (χ3v) is 8.12. The Morgan fingerprint density at radius 2 is 1.87 bits per heavy atom. The second-order valence-electron chi connectivity index (χ2n) is 12.7. The van der Waals surface area contributed by atoms with Crippen molar-refractivity contribution < 1.29 is 33.7 Å². The lowest BCUT2D eigenvalue weighted by atomic mass is 9.87. The average molecular weight is 621 g/mol. The molecule has 0 radical (unpaired) electrons. The lowest BCUT2D eigenvalue weighted by Crippen LogP contribution is -2.49. The second kappa shape index (κ2) is 13.3. The van der Waals surface area contributed by atoms with Crippen molar-refractivity contribution in [2.75, 3.05) is 11.9 Å². The van der Waals surface area contributed by atoms with E-state index in [-0.39, 0.29) is 35.7 Å². The van der Waals surface area contributed by atoms with E-state index in [1.54, 1.807) is 58.0 Å². The van der Waals surface area contributed by atoms with Crippen molar-refractivity contribution in [2.45, 2.75) is 77.9 Å². The van der Waals surface area contributed by atoms with Crippen molar-refractivity contribution in [3.8, 4) is 6.07 Å². The first kappa shape index (κ1) is 33.5. The molecular formula is C32H40N6O7. The maximum atomic E-state index is 13.1. The van der Waals surface area contributed by atoms with E-state index in [4.69, 9.17) is 19.9 Å². The fourth-order valence-electron chi connectivity index (χ4n) is 4.84. The van der Waals surface area contributed by atoms with E-state index in [0.29, 0.717) is 5.52 Å². The van der Waals surface area contributed by atoms with Crippen LogP contribution in [-0.2, 0) is 40.6 Å². The molecule has 0 saturated carbocycles. The minimum absolute atomic E-state index is 0.0248. The van der Waals surface area contributed by atoms with Crippen LogP contribution in [0.5, 0.6) is 0 Å². The molecule has 1 amide bonds. The molecule has 240 valence electrons. The standard InChI is InChI=1S/C32H40N6O7/c1-18(2)19(3)29(41)37-28-21-12-13-23(38(21)36-17-35-28)32(16-33)27(40)25(44-30(42)26(34)31(4,5)6)22(45-32)15-43-24(39)14-20-10-8-7-9-11-20/h7-13,17-19,22,25-27,40H,14-15,34H2,1-6H3,(H,35,36,37,41)/t19-,22+,25+,26+,27+,32-/m0/s1. The lowest BCUT2D eigenvalue weighted by Gasteiger charge is -2.29. The summed E-state index contributed by atoms with van der Waals surface area (Å²) in [6.45, 7) is 10.5. The molecule has 0 unspecified atom stereocenters. The highest BCUT2D eigenvalue weighted by molar-refractivity contribution is 5.95. The van der Waals surface area contributed by atoms with Gasteiger partial charge in [-0.1, -0.05) is 71.9 Å². The van der Waals surface area contributed by atoms with Crippen molar-refractivity contribution >= 4 is 29.2 Å². The highest BCUT2D eigenvalue weighted by atomic mass is 16.6. The summed E-state index contributed by atoms with van der Waals surface area (Å²) in [6, 6.07) is 13.0. The number of esters is 2. The summed E-state index contributed by atoms with van der Waals surface area (Å²) >= 11 is 0. The molecule has 13 nitrogen and oxygen atoms in total. The molecule has 3 aromatic rings. The molecule has 1 aliphatic rings. The molecular weight excluding hydrogens is 580 g/mol. The van der Waals surface area contributed by atoms with Gasteiger partial charge in [-0.3, -0.25) is 14.4 Å². The number of benzene rings is 1. The molecule has 3 heterocycles. The van der Waals surface area contributed by atoms with Gasteiger partial charge in [-0.05, 0) is 29.0 Å². The van der Waals surface area contributed by atoms with Crippen molar-refractivity contribution in [2.24, 2.45) is 23.0 Å². The molecule has 0 spiro atoms. The van der Waals surface area contributed by atoms with Gasteiger partial charge in [0.15, 0.2) is 11.9 Å². The number of hydrogen-bond donors (Lipinski definition) is 3. The molecule has 4 rings (SSSR count). The Morgan fingerprint density at radius 1 is 1.18 bits per heavy atom. The van der Waals surface area contributed by atoms with Crippen LogP contribution < -0.4 is 11.1 Å². The number of aliphatic hydroxyl groups is 1. The minimum atomic E-state index is -2.12. The van der Waals surface area contributed by atoms with Crippen molar-refractivity contribution in [3.63, 3.8) is 0 Å². The van der Waals surface area contributed by atoms with E-state index in [0.717, 1.165) is 5.56 Å². The first-order valence-corrected chi connectivity index (χ1v) is 14.8. The van der Waals surface area contributed by atoms with E-state index in [1.807, 2.05) is 26.0 Å². The summed E-state index contributed by atoms with van der Waals surface area (Å²) in [5, 5.41) is 29.2. The molecule has 1 aromatic carbocycles. The Kier molecular flexibility index (Phi) is 9.92. The second-order valence-corrected chi connectivity index (χ2v) is 12.7. The number of carbonyl (C=O) groups is 3. The van der Waals surface area contributed by atoms with Crippen LogP contribution in [0.25, 0.3) is 5.52 Å². The Bertz CT molecular complexity index is 1580. The molecule has 1 saturated heterocycles. The molecule has 2 aromatic heterocycles. The van der Waals surface area contributed by atoms with Gasteiger partial charge in [0.2, 0.25) is 11.5 Å². The summed E-state index contributed by atoms with van der Waals surface area (Å²) in [4.78, 5) is 42.8. The number of rotatable bonds is 10. The number of ether oxygens (including phenoxy) is 3. The first-order valence-electron chi connectivity index (χ1n) is 14.8. The normalized spacial score (nSPS) is 22.9. The van der Waals surface area contributed by atoms with Crippen LogP contribution in [0.4, 0.5) is 5.82 Å². The molecule has 4 N–H and O–H groups in total. The topological polar surface area (TPSA) is 191 Å². The van der Waals surface area contributed by atoms with Gasteiger partial charge in [0.25, 0.3) is 0 Å². The largest absolute Gasteiger partial charge is 0.463 e. The quantitative estimate of drug-likeness (QED) is 0.282. The van der Waals surface area contributed by atoms with Crippen LogP contribution in [0.15, 0.2) is 48.8 Å². The lowest BCUT2D eigenvalue weighted by molar-refractivity contribution is -0.163. The fourth-order valence-corrected chi connectivity index (χ4v) is 4.84. The molecule has 1 fully saturated rings. The minimum Gasteiger partial charge on any atom is -0.463 e. The number of carbonyl (C=O) groups excluding carboxylic acids is 3. The van der Waals surface area contributed by atoms with E-state index in [1.165, 1.54) is 16.9 Å². The van der Waals surface area contributed by atoms with Crippen molar-refractivity contribution in [1.82, 2.24) is 14.6 Å². The number of aromatic nitrogens is 3. The van der Waals surface area contributed by atoms with Crippen LogP contribution in [-0.4, -0.2) is 68.5 Å². The fraction of sp³-hybridized carbons (Fsp3) is 0.500.